The van der Waals surface area contributed by atoms with Crippen molar-refractivity contribution in [2.75, 3.05) is 0 Å². The molecule has 0 aromatic heterocycles. The van der Waals surface area contributed by atoms with Crippen molar-refractivity contribution in [3.05, 3.63) is 0 Å². The van der Waals surface area contributed by atoms with E-state index in [9.17, 15) is 4.79 Å². The number of hydrogen-bond donors (Lipinski definition) is 0. The van der Waals surface area contributed by atoms with Crippen molar-refractivity contribution in [1.82, 2.24) is 0 Å². The van der Waals surface area contributed by atoms with Crippen molar-refractivity contribution in [2.45, 2.75) is 79.0 Å². The molecule has 2 atom stereocenters. The maximum atomic E-state index is 11.4. The van der Waals surface area contributed by atoms with Crippen LogP contribution in [0.5, 0.6) is 0 Å². The average Bonchev–Trinajstić information content (AvgIpc) is 2.08. The molecule has 1 fully saturated rings. The normalized spacial score (nSPS) is 31.4. The van der Waals surface area contributed by atoms with Gasteiger partial charge in [0.05, 0.1) is 5.54 Å². The molecule has 0 radical (unpaired) electrons. The van der Waals surface area contributed by atoms with Crippen molar-refractivity contribution >= 4 is 5.97 Å². The Morgan fingerprint density at radius 2 is 1.84 bits per heavy atom. The highest BCUT2D eigenvalue weighted by molar-refractivity contribution is 5.66. The van der Waals surface area contributed by atoms with Gasteiger partial charge in [0, 0.05) is 19.8 Å². The fraction of sp³-hybridized carbons (Fsp3) is 0.933. The highest BCUT2D eigenvalue weighted by Gasteiger charge is 2.46. The summed E-state index contributed by atoms with van der Waals surface area (Å²) in [5.74, 6) is 0.194. The van der Waals surface area contributed by atoms with E-state index in [1.165, 1.54) is 6.92 Å². The van der Waals surface area contributed by atoms with Crippen LogP contribution in [0.2, 0.25) is 0 Å². The number of nitrogens with zero attached hydrogens (tertiary/aromatic N) is 2. The maximum Gasteiger partial charge on any atom is 0.304 e. The summed E-state index contributed by atoms with van der Waals surface area (Å²) in [6, 6.07) is 0. The van der Waals surface area contributed by atoms with Crippen LogP contribution in [0.25, 0.3) is 0 Å². The Hall–Kier alpha value is -0.930. The molecule has 0 bridgehead atoms. The van der Waals surface area contributed by atoms with E-state index in [-0.39, 0.29) is 16.9 Å². The van der Waals surface area contributed by atoms with Gasteiger partial charge in [0.2, 0.25) is 5.72 Å². The molecule has 0 aromatic rings. The first-order valence-electron chi connectivity index (χ1n) is 7.07. The molecular weight excluding hydrogens is 240 g/mol. The summed E-state index contributed by atoms with van der Waals surface area (Å²) in [5.41, 5.74) is -0.914. The van der Waals surface area contributed by atoms with E-state index in [2.05, 4.69) is 31.0 Å². The molecule has 19 heavy (non-hydrogen) atoms. The molecule has 0 aromatic carbocycles. The van der Waals surface area contributed by atoms with Gasteiger partial charge in [-0.2, -0.15) is 5.11 Å². The molecule has 1 saturated carbocycles. The second-order valence-electron chi connectivity index (χ2n) is 7.77. The minimum Gasteiger partial charge on any atom is -0.436 e. The molecule has 0 heterocycles. The quantitative estimate of drug-likeness (QED) is 0.552. The van der Waals surface area contributed by atoms with E-state index in [0.29, 0.717) is 5.92 Å². The van der Waals surface area contributed by atoms with Gasteiger partial charge in [-0.3, -0.25) is 4.79 Å². The van der Waals surface area contributed by atoms with Crippen molar-refractivity contribution in [3.63, 3.8) is 0 Å². The van der Waals surface area contributed by atoms with Gasteiger partial charge >= 0.3 is 5.97 Å². The van der Waals surface area contributed by atoms with E-state index in [1.807, 2.05) is 20.8 Å². The number of carbonyl (C=O) groups is 1. The Bertz CT molecular complexity index is 369. The Labute approximate surface area is 117 Å². The van der Waals surface area contributed by atoms with Gasteiger partial charge in [-0.25, -0.2) is 0 Å². The summed E-state index contributed by atoms with van der Waals surface area (Å²) in [7, 11) is 0. The van der Waals surface area contributed by atoms with Crippen LogP contribution in [0.15, 0.2) is 10.2 Å². The topological polar surface area (TPSA) is 51.0 Å². The molecule has 1 rings (SSSR count). The summed E-state index contributed by atoms with van der Waals surface area (Å²) >= 11 is 0. The van der Waals surface area contributed by atoms with Crippen molar-refractivity contribution in [2.24, 2.45) is 21.6 Å². The number of esters is 1. The highest BCUT2D eigenvalue weighted by atomic mass is 16.6. The van der Waals surface area contributed by atoms with Gasteiger partial charge in [-0.1, -0.05) is 20.8 Å². The summed E-state index contributed by atoms with van der Waals surface area (Å²) in [5, 5.41) is 8.81. The molecule has 4 nitrogen and oxygen atoms in total. The average molecular weight is 268 g/mol. The molecule has 0 aliphatic heterocycles. The molecule has 1 aliphatic carbocycles. The fourth-order valence-corrected chi connectivity index (χ4v) is 3.14. The molecule has 0 N–H and O–H groups in total. The third-order valence-corrected chi connectivity index (χ3v) is 3.19. The minimum absolute atomic E-state index is 0.115. The molecule has 1 aliphatic rings. The Kier molecular flexibility index (Phi) is 4.43. The van der Waals surface area contributed by atoms with E-state index < -0.39 is 5.72 Å². The third-order valence-electron chi connectivity index (χ3n) is 3.19. The van der Waals surface area contributed by atoms with Gasteiger partial charge in [-0.15, -0.1) is 5.11 Å². The highest BCUT2D eigenvalue weighted by Crippen LogP contribution is 2.46. The first-order chi connectivity index (χ1) is 8.43. The number of carbonyl (C=O) groups excluding carboxylic acids is 1. The molecule has 0 saturated heterocycles. The number of hydrogen-bond acceptors (Lipinski definition) is 4. The van der Waals surface area contributed by atoms with Crippen LogP contribution in [0.3, 0.4) is 0 Å². The zero-order valence-electron chi connectivity index (χ0n) is 13.4. The first-order valence-corrected chi connectivity index (χ1v) is 7.07. The van der Waals surface area contributed by atoms with E-state index >= 15 is 0 Å². The summed E-state index contributed by atoms with van der Waals surface area (Å²) in [6.45, 7) is 14.0. The molecule has 4 heteroatoms. The van der Waals surface area contributed by atoms with Gasteiger partial charge in [0.25, 0.3) is 0 Å². The Balaban J connectivity index is 3.05. The smallest absolute Gasteiger partial charge is 0.304 e. The molecular formula is C15H28N2O2. The van der Waals surface area contributed by atoms with Crippen molar-refractivity contribution in [3.8, 4) is 0 Å². The van der Waals surface area contributed by atoms with E-state index in [1.54, 1.807) is 0 Å². The van der Waals surface area contributed by atoms with Gasteiger partial charge in [0.1, 0.15) is 0 Å². The van der Waals surface area contributed by atoms with Crippen molar-refractivity contribution < 1.29 is 9.53 Å². The summed E-state index contributed by atoms with van der Waals surface area (Å²) in [6.07, 6.45) is 2.63. The molecule has 0 amide bonds. The molecule has 0 spiro atoms. The van der Waals surface area contributed by atoms with Crippen LogP contribution < -0.4 is 0 Å². The number of rotatable bonds is 2. The van der Waals surface area contributed by atoms with Crippen LogP contribution in [0, 0.1) is 11.3 Å². The van der Waals surface area contributed by atoms with Crippen LogP contribution in [0.4, 0.5) is 0 Å². The van der Waals surface area contributed by atoms with Crippen LogP contribution in [-0.4, -0.2) is 17.2 Å². The molecule has 110 valence electrons. The summed E-state index contributed by atoms with van der Waals surface area (Å²) < 4.78 is 5.58. The SMILES string of the molecule is CC(=O)OC1(N=NC(C)(C)C)CC(C)CC(C)(C)C1. The van der Waals surface area contributed by atoms with Gasteiger partial charge < -0.3 is 4.74 Å². The van der Waals surface area contributed by atoms with E-state index in [0.717, 1.165) is 19.3 Å². The zero-order valence-corrected chi connectivity index (χ0v) is 13.4. The lowest BCUT2D eigenvalue weighted by molar-refractivity contribution is -0.167. The second-order valence-corrected chi connectivity index (χ2v) is 7.77. The van der Waals surface area contributed by atoms with Crippen LogP contribution in [0.1, 0.15) is 67.7 Å². The predicted octanol–water partition coefficient (Wildman–Crippen LogP) is 4.34. The molecule has 2 unspecified atom stereocenters. The lowest BCUT2D eigenvalue weighted by Gasteiger charge is -2.43. The minimum atomic E-state index is -0.777. The van der Waals surface area contributed by atoms with Gasteiger partial charge in [-0.05, 0) is 38.5 Å². The standard InChI is InChI=1S/C15H28N2O2/c1-11-8-14(6,7)10-15(9-11,19-12(2)18)17-16-13(3,4)5/h11H,8-10H2,1-7H3. The fourth-order valence-electron chi connectivity index (χ4n) is 3.14. The predicted molar refractivity (Wildman–Crippen MR) is 75.9 cm³/mol. The number of azo groups is 1. The maximum absolute atomic E-state index is 11.4. The third kappa shape index (κ3) is 5.29. The number of ether oxygens (including phenoxy) is 1. The Morgan fingerprint density at radius 3 is 2.26 bits per heavy atom. The first kappa shape index (κ1) is 16.1. The summed E-state index contributed by atoms with van der Waals surface area (Å²) in [4.78, 5) is 11.4. The zero-order chi connectivity index (χ0) is 14.9. The van der Waals surface area contributed by atoms with Gasteiger partial charge in [0.15, 0.2) is 0 Å². The van der Waals surface area contributed by atoms with Crippen LogP contribution in [-0.2, 0) is 9.53 Å². The Morgan fingerprint density at radius 1 is 1.26 bits per heavy atom. The van der Waals surface area contributed by atoms with E-state index in [4.69, 9.17) is 4.74 Å². The largest absolute Gasteiger partial charge is 0.436 e. The lowest BCUT2D eigenvalue weighted by atomic mass is 9.69. The van der Waals surface area contributed by atoms with Crippen molar-refractivity contribution in [1.29, 1.82) is 0 Å². The lowest BCUT2D eigenvalue weighted by Crippen LogP contribution is -2.44. The van der Waals surface area contributed by atoms with Crippen LogP contribution >= 0.6 is 0 Å². The second kappa shape index (κ2) is 5.22. The monoisotopic (exact) mass is 268 g/mol.